The van der Waals surface area contributed by atoms with Gasteiger partial charge in [0.15, 0.2) is 5.78 Å². The number of anilines is 1. The van der Waals surface area contributed by atoms with Crippen molar-refractivity contribution >= 4 is 54.8 Å². The van der Waals surface area contributed by atoms with E-state index in [-0.39, 0.29) is 5.78 Å². The van der Waals surface area contributed by atoms with Gasteiger partial charge in [-0.3, -0.25) is 9.69 Å². The van der Waals surface area contributed by atoms with E-state index in [1.165, 1.54) is 11.3 Å². The molecule has 0 unspecified atom stereocenters. The van der Waals surface area contributed by atoms with E-state index in [9.17, 15) is 10.1 Å². The fourth-order valence-corrected chi connectivity index (χ4v) is 5.39. The number of nitrogens with two attached hydrogens (primary N) is 1. The first-order valence-corrected chi connectivity index (χ1v) is 10.7. The van der Waals surface area contributed by atoms with E-state index in [1.54, 1.807) is 11.1 Å². The van der Waals surface area contributed by atoms with Crippen LogP contribution in [0.5, 0.6) is 0 Å². The minimum atomic E-state index is -0.416. The van der Waals surface area contributed by atoms with Gasteiger partial charge in [0.1, 0.15) is 11.6 Å². The first-order valence-electron chi connectivity index (χ1n) is 8.34. The normalized spacial score (nSPS) is 20.0. The van der Waals surface area contributed by atoms with Gasteiger partial charge in [-0.25, -0.2) is 4.98 Å². The number of pyridine rings is 1. The molecule has 5 nitrogen and oxygen atoms in total. The smallest absolute Gasteiger partial charge is 0.161 e. The SMILES string of the molecule is N#CC1=C(N)N(c2ccc(Br)cn2)C2=C(C(=O)CCC2)[C@@H]1c1ccc(Br)s1. The molecule has 0 saturated heterocycles. The summed E-state index contributed by atoms with van der Waals surface area (Å²) < 4.78 is 1.80. The first kappa shape index (κ1) is 18.4. The molecule has 2 aromatic rings. The van der Waals surface area contributed by atoms with E-state index >= 15 is 0 Å². The number of nitriles is 1. The Morgan fingerprint density at radius 3 is 2.70 bits per heavy atom. The third-order valence-electron chi connectivity index (χ3n) is 4.73. The molecule has 2 aromatic heterocycles. The van der Waals surface area contributed by atoms with E-state index < -0.39 is 5.92 Å². The molecule has 0 aromatic carbocycles. The molecular formula is C19H14Br2N4OS. The maximum Gasteiger partial charge on any atom is 0.161 e. The number of thiophene rings is 1. The standard InChI is InChI=1S/C19H14Br2N4OS/c20-10-4-7-16(24-9-10)25-12-2-1-3-13(26)18(12)17(11(8-22)19(25)23)14-5-6-15(21)27-14/h4-7,9,17H,1-3,23H2/t17-/m0/s1. The van der Waals surface area contributed by atoms with Crippen LogP contribution in [0.3, 0.4) is 0 Å². The summed E-state index contributed by atoms with van der Waals surface area (Å²) in [4.78, 5) is 20.1. The van der Waals surface area contributed by atoms with Gasteiger partial charge in [-0.05, 0) is 69.0 Å². The van der Waals surface area contributed by atoms with Crippen molar-refractivity contribution in [1.29, 1.82) is 5.26 Å². The molecule has 3 heterocycles. The summed E-state index contributed by atoms with van der Waals surface area (Å²) in [5, 5.41) is 9.90. The van der Waals surface area contributed by atoms with Gasteiger partial charge in [-0.1, -0.05) is 0 Å². The molecule has 8 heteroatoms. The highest BCUT2D eigenvalue weighted by Crippen LogP contribution is 2.47. The van der Waals surface area contributed by atoms with Gasteiger partial charge in [0.25, 0.3) is 0 Å². The first-order chi connectivity index (χ1) is 13.0. The maximum absolute atomic E-state index is 12.9. The molecule has 1 atom stereocenters. The minimum absolute atomic E-state index is 0.0770. The van der Waals surface area contributed by atoms with Gasteiger partial charge < -0.3 is 5.73 Å². The van der Waals surface area contributed by atoms with E-state index in [1.807, 2.05) is 24.3 Å². The number of carbonyl (C=O) groups is 1. The number of rotatable bonds is 2. The largest absolute Gasteiger partial charge is 0.384 e. The van der Waals surface area contributed by atoms with Crippen molar-refractivity contribution in [3.8, 4) is 6.07 Å². The summed E-state index contributed by atoms with van der Waals surface area (Å²) in [6, 6.07) is 9.84. The Hall–Kier alpha value is -1.95. The van der Waals surface area contributed by atoms with Crippen molar-refractivity contribution in [3.63, 3.8) is 0 Å². The lowest BCUT2D eigenvalue weighted by Crippen LogP contribution is -2.38. The average Bonchev–Trinajstić information content (AvgIpc) is 3.08. The van der Waals surface area contributed by atoms with E-state index in [0.717, 1.165) is 31.7 Å². The van der Waals surface area contributed by atoms with Crippen LogP contribution in [0.15, 0.2) is 61.4 Å². The Bertz CT molecular complexity index is 1030. The number of Topliss-reactive ketones (excluding diaryl/α,β-unsaturated/α-hetero) is 1. The number of aromatic nitrogens is 1. The predicted octanol–water partition coefficient (Wildman–Crippen LogP) is 4.97. The zero-order valence-corrected chi connectivity index (χ0v) is 18.1. The number of nitrogens with zero attached hydrogens (tertiary/aromatic N) is 3. The fraction of sp³-hybridized carbons (Fsp3) is 0.211. The molecule has 1 aliphatic carbocycles. The van der Waals surface area contributed by atoms with Gasteiger partial charge in [0.05, 0.1) is 21.3 Å². The van der Waals surface area contributed by atoms with Gasteiger partial charge in [0.2, 0.25) is 0 Å². The second-order valence-corrected chi connectivity index (χ2v) is 9.70. The molecule has 136 valence electrons. The molecule has 1 aliphatic heterocycles. The number of halogens is 2. The van der Waals surface area contributed by atoms with Gasteiger partial charge in [-0.15, -0.1) is 11.3 Å². The third kappa shape index (κ3) is 3.14. The summed E-state index contributed by atoms with van der Waals surface area (Å²) in [5.74, 6) is 0.612. The van der Waals surface area contributed by atoms with Crippen molar-refractivity contribution in [2.24, 2.45) is 5.73 Å². The van der Waals surface area contributed by atoms with Gasteiger partial charge in [0, 0.05) is 33.2 Å². The monoisotopic (exact) mass is 504 g/mol. The Balaban J connectivity index is 1.96. The van der Waals surface area contributed by atoms with E-state index in [4.69, 9.17) is 5.73 Å². The third-order valence-corrected chi connectivity index (χ3v) is 6.89. The van der Waals surface area contributed by atoms with Crippen molar-refractivity contribution < 1.29 is 4.79 Å². The zero-order chi connectivity index (χ0) is 19.1. The second-order valence-electron chi connectivity index (χ2n) is 6.29. The Kier molecular flexibility index (Phi) is 4.93. The van der Waals surface area contributed by atoms with Crippen LogP contribution in [0, 0.1) is 11.3 Å². The fourth-order valence-electron chi connectivity index (χ4n) is 3.62. The summed E-state index contributed by atoms with van der Waals surface area (Å²) in [7, 11) is 0. The summed E-state index contributed by atoms with van der Waals surface area (Å²) in [5.41, 5.74) is 8.39. The number of hydrogen-bond acceptors (Lipinski definition) is 6. The van der Waals surface area contributed by atoms with Crippen LogP contribution in [0.4, 0.5) is 5.82 Å². The Morgan fingerprint density at radius 1 is 1.26 bits per heavy atom. The Morgan fingerprint density at radius 2 is 2.07 bits per heavy atom. The molecule has 0 saturated carbocycles. The van der Waals surface area contributed by atoms with Crippen LogP contribution in [0.2, 0.25) is 0 Å². The molecule has 2 aliphatic rings. The highest BCUT2D eigenvalue weighted by molar-refractivity contribution is 9.11. The minimum Gasteiger partial charge on any atom is -0.384 e. The van der Waals surface area contributed by atoms with Crippen molar-refractivity contribution in [3.05, 3.63) is 66.3 Å². The quantitative estimate of drug-likeness (QED) is 0.622. The zero-order valence-electron chi connectivity index (χ0n) is 14.1. The topological polar surface area (TPSA) is 83.0 Å². The van der Waals surface area contributed by atoms with Crippen molar-refractivity contribution in [1.82, 2.24) is 4.98 Å². The molecule has 4 rings (SSSR count). The molecule has 0 fully saturated rings. The van der Waals surface area contributed by atoms with Crippen LogP contribution in [-0.2, 0) is 4.79 Å². The number of allylic oxidation sites excluding steroid dienone is 3. The van der Waals surface area contributed by atoms with Crippen LogP contribution in [-0.4, -0.2) is 10.8 Å². The molecule has 0 spiro atoms. The lowest BCUT2D eigenvalue weighted by Gasteiger charge is -2.38. The Labute approximate surface area is 177 Å². The second kappa shape index (κ2) is 7.23. The molecule has 27 heavy (non-hydrogen) atoms. The van der Waals surface area contributed by atoms with Crippen LogP contribution < -0.4 is 10.6 Å². The van der Waals surface area contributed by atoms with Gasteiger partial charge >= 0.3 is 0 Å². The predicted molar refractivity (Wildman–Crippen MR) is 112 cm³/mol. The average molecular weight is 506 g/mol. The van der Waals surface area contributed by atoms with Crippen LogP contribution >= 0.6 is 43.2 Å². The highest BCUT2D eigenvalue weighted by Gasteiger charge is 2.41. The molecule has 0 radical (unpaired) electrons. The van der Waals surface area contributed by atoms with Crippen LogP contribution in [0.25, 0.3) is 0 Å². The molecule has 0 amide bonds. The summed E-state index contributed by atoms with van der Waals surface area (Å²) in [6.45, 7) is 0. The molecule has 2 N–H and O–H groups in total. The van der Waals surface area contributed by atoms with E-state index in [0.29, 0.717) is 29.2 Å². The van der Waals surface area contributed by atoms with Gasteiger partial charge in [-0.2, -0.15) is 5.26 Å². The summed E-state index contributed by atoms with van der Waals surface area (Å²) in [6.07, 6.45) is 3.66. The number of hydrogen-bond donors (Lipinski definition) is 1. The van der Waals surface area contributed by atoms with Crippen molar-refractivity contribution in [2.75, 3.05) is 4.90 Å². The molecular weight excluding hydrogens is 492 g/mol. The van der Waals surface area contributed by atoms with E-state index in [2.05, 4.69) is 42.9 Å². The lowest BCUT2D eigenvalue weighted by atomic mass is 9.78. The van der Waals surface area contributed by atoms with Crippen molar-refractivity contribution in [2.45, 2.75) is 25.2 Å². The maximum atomic E-state index is 12.9. The highest BCUT2D eigenvalue weighted by atomic mass is 79.9. The van der Waals surface area contributed by atoms with Crippen LogP contribution in [0.1, 0.15) is 30.1 Å². The molecule has 0 bridgehead atoms. The lowest BCUT2D eigenvalue weighted by molar-refractivity contribution is -0.116. The number of ketones is 1. The number of carbonyl (C=O) groups excluding carboxylic acids is 1. The summed E-state index contributed by atoms with van der Waals surface area (Å²) >= 11 is 8.38.